The Bertz CT molecular complexity index is 1480. The Hall–Kier alpha value is -3.66. The van der Waals surface area contributed by atoms with Gasteiger partial charge in [0, 0.05) is 11.1 Å². The molecule has 0 fully saturated rings. The van der Waals surface area contributed by atoms with Gasteiger partial charge >= 0.3 is 0 Å². The van der Waals surface area contributed by atoms with Gasteiger partial charge in [0.15, 0.2) is 0 Å². The van der Waals surface area contributed by atoms with Gasteiger partial charge in [-0.1, -0.05) is 231 Å². The van der Waals surface area contributed by atoms with Crippen molar-refractivity contribution in [1.29, 1.82) is 0 Å². The number of unbranched alkanes of at least 4 members (excludes halogenated alkanes) is 18. The Morgan fingerprint density at radius 1 is 0.359 bits per heavy atom. The molecule has 0 saturated heterocycles. The average molecular weight is 879 g/mol. The molecule has 0 N–H and O–H groups in total. The summed E-state index contributed by atoms with van der Waals surface area (Å²) in [6.45, 7) is 16.7. The third-order valence-electron chi connectivity index (χ3n) is 12.9. The van der Waals surface area contributed by atoms with Crippen molar-refractivity contribution < 1.29 is 18.9 Å². The lowest BCUT2D eigenvalue weighted by molar-refractivity contribution is 0.227. The maximum atomic E-state index is 6.77. The van der Waals surface area contributed by atoms with Crippen molar-refractivity contribution in [3.63, 3.8) is 0 Å². The summed E-state index contributed by atoms with van der Waals surface area (Å²) in [7, 11) is 0. The Morgan fingerprint density at radius 2 is 0.688 bits per heavy atom. The highest BCUT2D eigenvalue weighted by atomic mass is 16.5. The molecule has 4 heteroatoms. The van der Waals surface area contributed by atoms with E-state index in [2.05, 4.69) is 127 Å². The molecule has 0 aliphatic rings. The first-order chi connectivity index (χ1) is 31.5. The highest BCUT2D eigenvalue weighted by molar-refractivity contribution is 5.79. The van der Waals surface area contributed by atoms with Gasteiger partial charge < -0.3 is 18.9 Å². The molecule has 358 valence electrons. The van der Waals surface area contributed by atoms with E-state index in [0.717, 1.165) is 84.1 Å². The summed E-state index contributed by atoms with van der Waals surface area (Å²) in [6, 6.07) is 21.4. The number of benzene rings is 3. The first-order valence-corrected chi connectivity index (χ1v) is 26.8. The lowest BCUT2D eigenvalue weighted by Crippen LogP contribution is -2.13. The summed E-state index contributed by atoms with van der Waals surface area (Å²) in [5.41, 5.74) is 4.35. The van der Waals surface area contributed by atoms with Gasteiger partial charge in [0.1, 0.15) is 23.0 Å². The van der Waals surface area contributed by atoms with E-state index >= 15 is 0 Å². The van der Waals surface area contributed by atoms with Gasteiger partial charge in [-0.05, 0) is 85.0 Å². The molecular formula is C60H94O4. The molecule has 0 spiro atoms. The number of ether oxygens (including phenoxy) is 4. The van der Waals surface area contributed by atoms with Crippen LogP contribution in [0.25, 0.3) is 24.3 Å². The summed E-state index contributed by atoms with van der Waals surface area (Å²) < 4.78 is 25.8. The highest BCUT2D eigenvalue weighted by Gasteiger charge is 2.15. The number of hydrogen-bond donors (Lipinski definition) is 0. The molecule has 2 unspecified atom stereocenters. The van der Waals surface area contributed by atoms with E-state index in [0.29, 0.717) is 25.0 Å². The fraction of sp³-hybridized carbons (Fsp3) is 0.633. The molecule has 0 aliphatic carbocycles. The van der Waals surface area contributed by atoms with Gasteiger partial charge in [-0.2, -0.15) is 0 Å². The van der Waals surface area contributed by atoms with Crippen molar-refractivity contribution >= 4 is 24.3 Å². The SMILES string of the molecule is CCCCCCCCCCCOc1ccc(/C=C/c2cc(OCC(CC)CCCC)c(/C=C/c3ccc(OCCCCCCCCCCC)cc3)cc2OCC(CC)CCCC)cc1. The molecule has 3 aromatic carbocycles. The standard InChI is InChI=1S/C60H94O4/c1-7-13-17-19-21-23-25-27-29-45-61-57-41-35-53(36-42-57)33-39-55-47-60(64-50-52(12-6)32-16-10-4)56(48-59(55)63-49-51(11-5)31-15-9-3)40-34-54-37-43-58(44-38-54)62-46-30-28-26-24-22-20-18-14-8-2/h33-44,47-48,51-52H,7-32,45-46,49-50H2,1-6H3/b39-33+,40-34+. The Kier molecular flexibility index (Phi) is 31.2. The maximum absolute atomic E-state index is 6.77. The van der Waals surface area contributed by atoms with Crippen molar-refractivity contribution in [3.8, 4) is 23.0 Å². The molecule has 0 aromatic heterocycles. The molecule has 0 saturated carbocycles. The van der Waals surface area contributed by atoms with Crippen LogP contribution in [-0.4, -0.2) is 26.4 Å². The Balaban J connectivity index is 1.75. The topological polar surface area (TPSA) is 36.9 Å². The first kappa shape index (κ1) is 54.7. The van der Waals surface area contributed by atoms with E-state index in [-0.39, 0.29) is 0 Å². The predicted molar refractivity (Wildman–Crippen MR) is 280 cm³/mol. The average Bonchev–Trinajstić information content (AvgIpc) is 3.32. The quantitative estimate of drug-likeness (QED) is 0.0421. The molecule has 0 radical (unpaired) electrons. The second-order valence-electron chi connectivity index (χ2n) is 18.5. The van der Waals surface area contributed by atoms with Crippen LogP contribution < -0.4 is 18.9 Å². The molecule has 0 aliphatic heterocycles. The van der Waals surface area contributed by atoms with Crippen LogP contribution in [0.3, 0.4) is 0 Å². The van der Waals surface area contributed by atoms with E-state index in [9.17, 15) is 0 Å². The Labute approximate surface area is 394 Å². The maximum Gasteiger partial charge on any atom is 0.127 e. The predicted octanol–water partition coefficient (Wildman–Crippen LogP) is 19.0. The van der Waals surface area contributed by atoms with Gasteiger partial charge in [0.25, 0.3) is 0 Å². The van der Waals surface area contributed by atoms with Crippen LogP contribution >= 0.6 is 0 Å². The second kappa shape index (κ2) is 36.5. The van der Waals surface area contributed by atoms with E-state index in [1.165, 1.54) is 141 Å². The zero-order valence-electron chi connectivity index (χ0n) is 42.1. The number of rotatable bonds is 40. The third kappa shape index (κ3) is 24.6. The summed E-state index contributed by atoms with van der Waals surface area (Å²) in [5.74, 6) is 4.74. The smallest absolute Gasteiger partial charge is 0.127 e. The van der Waals surface area contributed by atoms with Crippen molar-refractivity contribution in [3.05, 3.63) is 82.9 Å². The summed E-state index contributed by atoms with van der Waals surface area (Å²) >= 11 is 0. The van der Waals surface area contributed by atoms with E-state index in [1.807, 2.05) is 0 Å². The Morgan fingerprint density at radius 3 is 1.02 bits per heavy atom. The van der Waals surface area contributed by atoms with E-state index < -0.39 is 0 Å². The third-order valence-corrected chi connectivity index (χ3v) is 12.9. The first-order valence-electron chi connectivity index (χ1n) is 26.8. The molecule has 64 heavy (non-hydrogen) atoms. The molecule has 0 bridgehead atoms. The van der Waals surface area contributed by atoms with Gasteiger partial charge in [-0.15, -0.1) is 0 Å². The van der Waals surface area contributed by atoms with Crippen LogP contribution in [0.5, 0.6) is 23.0 Å². The van der Waals surface area contributed by atoms with Crippen molar-refractivity contribution in [2.24, 2.45) is 11.8 Å². The molecule has 4 nitrogen and oxygen atoms in total. The molecule has 3 aromatic rings. The minimum Gasteiger partial charge on any atom is -0.494 e. The lowest BCUT2D eigenvalue weighted by atomic mass is 10.00. The minimum atomic E-state index is 0.528. The molecule has 0 amide bonds. The van der Waals surface area contributed by atoms with Crippen LogP contribution in [-0.2, 0) is 0 Å². The van der Waals surface area contributed by atoms with Crippen molar-refractivity contribution in [2.75, 3.05) is 26.4 Å². The van der Waals surface area contributed by atoms with Crippen molar-refractivity contribution in [1.82, 2.24) is 0 Å². The zero-order chi connectivity index (χ0) is 45.7. The molecule has 3 rings (SSSR count). The van der Waals surface area contributed by atoms with Crippen molar-refractivity contribution in [2.45, 2.75) is 208 Å². The summed E-state index contributed by atoms with van der Waals surface area (Å²) in [4.78, 5) is 0. The van der Waals surface area contributed by atoms with Crippen LogP contribution in [0.2, 0.25) is 0 Å². The molecule has 2 atom stereocenters. The normalized spacial score (nSPS) is 12.6. The van der Waals surface area contributed by atoms with Crippen LogP contribution in [0.15, 0.2) is 60.7 Å². The van der Waals surface area contributed by atoms with E-state index in [1.54, 1.807) is 0 Å². The zero-order valence-corrected chi connectivity index (χ0v) is 42.1. The van der Waals surface area contributed by atoms with Crippen LogP contribution in [0.1, 0.15) is 231 Å². The van der Waals surface area contributed by atoms with Gasteiger partial charge in [-0.3, -0.25) is 0 Å². The fourth-order valence-corrected chi connectivity index (χ4v) is 8.24. The summed E-state index contributed by atoms with van der Waals surface area (Å²) in [5, 5.41) is 0. The monoisotopic (exact) mass is 879 g/mol. The second-order valence-corrected chi connectivity index (χ2v) is 18.5. The summed E-state index contributed by atoms with van der Waals surface area (Å²) in [6.07, 6.45) is 42.0. The van der Waals surface area contributed by atoms with Crippen LogP contribution in [0.4, 0.5) is 0 Å². The number of hydrogen-bond acceptors (Lipinski definition) is 4. The largest absolute Gasteiger partial charge is 0.494 e. The lowest BCUT2D eigenvalue weighted by Gasteiger charge is -2.20. The van der Waals surface area contributed by atoms with Gasteiger partial charge in [-0.25, -0.2) is 0 Å². The fourth-order valence-electron chi connectivity index (χ4n) is 8.24. The molecule has 0 heterocycles. The van der Waals surface area contributed by atoms with Gasteiger partial charge in [0.2, 0.25) is 0 Å². The highest BCUT2D eigenvalue weighted by Crippen LogP contribution is 2.34. The van der Waals surface area contributed by atoms with Crippen LogP contribution in [0, 0.1) is 11.8 Å². The molecular weight excluding hydrogens is 785 g/mol. The minimum absolute atomic E-state index is 0.528. The van der Waals surface area contributed by atoms with E-state index in [4.69, 9.17) is 18.9 Å². The van der Waals surface area contributed by atoms with Gasteiger partial charge in [0.05, 0.1) is 26.4 Å².